The van der Waals surface area contributed by atoms with Crippen molar-refractivity contribution in [2.24, 2.45) is 0 Å². The Morgan fingerprint density at radius 3 is 2.32 bits per heavy atom. The highest BCUT2D eigenvalue weighted by molar-refractivity contribution is 5.84. The first kappa shape index (κ1) is 15.0. The Balaban J connectivity index is 3.23. The summed E-state index contributed by atoms with van der Waals surface area (Å²) in [5.41, 5.74) is -2.83. The average molecular weight is 275 g/mol. The van der Waals surface area contributed by atoms with Gasteiger partial charge in [-0.25, -0.2) is 4.79 Å². The minimum atomic E-state index is -4.98. The van der Waals surface area contributed by atoms with Crippen molar-refractivity contribution in [3.63, 3.8) is 0 Å². The van der Waals surface area contributed by atoms with Crippen LogP contribution >= 0.6 is 0 Å². The highest BCUT2D eigenvalue weighted by atomic mass is 19.4. The third-order valence-corrected chi connectivity index (χ3v) is 2.64. The van der Waals surface area contributed by atoms with E-state index in [1.54, 1.807) is 11.4 Å². The van der Waals surface area contributed by atoms with Gasteiger partial charge in [-0.05, 0) is 5.56 Å². The summed E-state index contributed by atoms with van der Waals surface area (Å²) in [7, 11) is 0.834. The molecule has 0 aliphatic rings. The molecule has 0 radical (unpaired) electrons. The summed E-state index contributed by atoms with van der Waals surface area (Å²) in [6.45, 7) is 0. The monoisotopic (exact) mass is 275 g/mol. The molecule has 0 spiro atoms. The van der Waals surface area contributed by atoms with E-state index < -0.39 is 24.1 Å². The van der Waals surface area contributed by atoms with Crippen LogP contribution < -0.4 is 5.32 Å². The zero-order valence-electron chi connectivity index (χ0n) is 10.0. The molecule has 1 aromatic rings. The molecule has 1 atom stereocenters. The van der Waals surface area contributed by atoms with Crippen molar-refractivity contribution < 1.29 is 27.5 Å². The zero-order valence-corrected chi connectivity index (χ0v) is 10.0. The Morgan fingerprint density at radius 2 is 1.89 bits per heavy atom. The molecule has 0 heterocycles. The summed E-state index contributed by atoms with van der Waals surface area (Å²) in [5, 5.41) is 1.56. The van der Waals surface area contributed by atoms with E-state index in [2.05, 4.69) is 4.74 Å². The number of ether oxygens (including phenoxy) is 1. The lowest BCUT2D eigenvalue weighted by molar-refractivity contribution is -0.211. The van der Waals surface area contributed by atoms with Crippen molar-refractivity contribution in [3.05, 3.63) is 35.9 Å². The van der Waals surface area contributed by atoms with Crippen molar-refractivity contribution in [2.45, 2.75) is 18.1 Å². The molecule has 0 aromatic heterocycles. The highest BCUT2D eigenvalue weighted by Gasteiger charge is 2.61. The number of nitrogens with one attached hydrogen (secondary N) is 1. The van der Waals surface area contributed by atoms with Crippen molar-refractivity contribution in [1.82, 2.24) is 5.32 Å². The van der Waals surface area contributed by atoms with E-state index in [1.807, 2.05) is 0 Å². The maximum absolute atomic E-state index is 13.2. The number of hydrogen-bond acceptors (Lipinski definition) is 3. The first-order valence-corrected chi connectivity index (χ1v) is 5.28. The van der Waals surface area contributed by atoms with Gasteiger partial charge in [-0.3, -0.25) is 4.79 Å². The number of benzene rings is 1. The number of alkyl halides is 3. The number of rotatable bonds is 5. The number of carbonyl (C=O) groups is 2. The number of halogens is 3. The van der Waals surface area contributed by atoms with Gasteiger partial charge in [-0.2, -0.15) is 13.2 Å². The fourth-order valence-electron chi connectivity index (χ4n) is 1.66. The minimum Gasteiger partial charge on any atom is -0.467 e. The normalized spacial score (nSPS) is 14.3. The van der Waals surface area contributed by atoms with E-state index in [0.29, 0.717) is 0 Å². The smallest absolute Gasteiger partial charge is 0.422 e. The fourth-order valence-corrected chi connectivity index (χ4v) is 1.66. The first-order chi connectivity index (χ1) is 8.87. The molecule has 0 bridgehead atoms. The second kappa shape index (κ2) is 5.73. The van der Waals surface area contributed by atoms with Gasteiger partial charge in [0.15, 0.2) is 0 Å². The van der Waals surface area contributed by atoms with Crippen LogP contribution in [0.5, 0.6) is 0 Å². The van der Waals surface area contributed by atoms with Crippen LogP contribution in [-0.2, 0) is 20.7 Å². The first-order valence-electron chi connectivity index (χ1n) is 5.28. The molecule has 0 aliphatic carbocycles. The van der Waals surface area contributed by atoms with Gasteiger partial charge >= 0.3 is 12.1 Å². The lowest BCUT2D eigenvalue weighted by Crippen LogP contribution is -2.64. The molecule has 4 nitrogen and oxygen atoms in total. The topological polar surface area (TPSA) is 55.4 Å². The maximum atomic E-state index is 13.2. The third kappa shape index (κ3) is 3.04. The molecule has 1 N–H and O–H groups in total. The van der Waals surface area contributed by atoms with Crippen molar-refractivity contribution in [2.75, 3.05) is 7.11 Å². The minimum absolute atomic E-state index is 0.159. The van der Waals surface area contributed by atoms with Gasteiger partial charge in [0.05, 0.1) is 7.11 Å². The second-order valence-corrected chi connectivity index (χ2v) is 3.82. The van der Waals surface area contributed by atoms with Gasteiger partial charge in [0.1, 0.15) is 0 Å². The van der Waals surface area contributed by atoms with Crippen LogP contribution in [0.3, 0.4) is 0 Å². The zero-order chi connectivity index (χ0) is 14.5. The molecule has 104 valence electrons. The van der Waals surface area contributed by atoms with Gasteiger partial charge in [-0.15, -0.1) is 0 Å². The number of methoxy groups -OCH3 is 1. The Bertz CT molecular complexity index is 447. The standard InChI is InChI=1S/C12H12F3NO3/c1-19-10(18)11(16-8-17,12(13,14)15)7-9-5-3-2-4-6-9/h2-6,8H,7H2,1H3,(H,16,17). The molecule has 1 rings (SSSR count). The Labute approximate surface area is 107 Å². The van der Waals surface area contributed by atoms with E-state index in [0.717, 1.165) is 7.11 Å². The number of carbonyl (C=O) groups excluding carboxylic acids is 2. The van der Waals surface area contributed by atoms with Crippen molar-refractivity contribution in [3.8, 4) is 0 Å². The van der Waals surface area contributed by atoms with E-state index in [1.165, 1.54) is 24.3 Å². The van der Waals surface area contributed by atoms with E-state index in [-0.39, 0.29) is 12.0 Å². The molecule has 1 amide bonds. The van der Waals surface area contributed by atoms with Gasteiger partial charge in [0.2, 0.25) is 11.9 Å². The molecule has 0 saturated carbocycles. The predicted octanol–water partition coefficient (Wildman–Crippen LogP) is 1.45. The van der Waals surface area contributed by atoms with E-state index >= 15 is 0 Å². The van der Waals surface area contributed by atoms with Crippen LogP contribution in [0.15, 0.2) is 30.3 Å². The maximum Gasteiger partial charge on any atom is 0.422 e. The third-order valence-electron chi connectivity index (χ3n) is 2.64. The van der Waals surface area contributed by atoms with Crippen LogP contribution in [0.2, 0.25) is 0 Å². The summed E-state index contributed by atoms with van der Waals surface area (Å²) < 4.78 is 43.7. The SMILES string of the molecule is COC(=O)C(Cc1ccccc1)(NC=O)C(F)(F)F. The summed E-state index contributed by atoms with van der Waals surface area (Å²) in [5.74, 6) is -1.56. The summed E-state index contributed by atoms with van der Waals surface area (Å²) >= 11 is 0. The quantitative estimate of drug-likeness (QED) is 0.653. The largest absolute Gasteiger partial charge is 0.467 e. The second-order valence-electron chi connectivity index (χ2n) is 3.82. The molecule has 1 unspecified atom stereocenters. The van der Waals surface area contributed by atoms with Crippen LogP contribution in [-0.4, -0.2) is 31.2 Å². The summed E-state index contributed by atoms with van der Waals surface area (Å²) in [4.78, 5) is 22.0. The van der Waals surface area contributed by atoms with Gasteiger partial charge in [-0.1, -0.05) is 30.3 Å². The number of hydrogen-bond donors (Lipinski definition) is 1. The molecular weight excluding hydrogens is 263 g/mol. The highest BCUT2D eigenvalue weighted by Crippen LogP contribution is 2.34. The Hall–Kier alpha value is -2.05. The molecule has 0 saturated heterocycles. The molecule has 7 heteroatoms. The molecule has 0 fully saturated rings. The van der Waals surface area contributed by atoms with Crippen molar-refractivity contribution >= 4 is 12.4 Å². The Kier molecular flexibility index (Phi) is 4.52. The predicted molar refractivity (Wildman–Crippen MR) is 60.1 cm³/mol. The van der Waals surface area contributed by atoms with Crippen LogP contribution in [0.25, 0.3) is 0 Å². The van der Waals surface area contributed by atoms with Crippen LogP contribution in [0.4, 0.5) is 13.2 Å². The van der Waals surface area contributed by atoms with Gasteiger partial charge in [0.25, 0.3) is 0 Å². The molecule has 19 heavy (non-hydrogen) atoms. The lowest BCUT2D eigenvalue weighted by atomic mass is 9.90. The van der Waals surface area contributed by atoms with Crippen LogP contribution in [0, 0.1) is 0 Å². The molecule has 0 aliphatic heterocycles. The van der Waals surface area contributed by atoms with E-state index in [9.17, 15) is 22.8 Å². The van der Waals surface area contributed by atoms with Crippen LogP contribution in [0.1, 0.15) is 5.56 Å². The molecular formula is C12H12F3NO3. The van der Waals surface area contributed by atoms with Gasteiger partial charge in [0, 0.05) is 6.42 Å². The average Bonchev–Trinajstić information content (AvgIpc) is 2.37. The number of amides is 1. The van der Waals surface area contributed by atoms with Crippen molar-refractivity contribution in [1.29, 1.82) is 0 Å². The lowest BCUT2D eigenvalue weighted by Gasteiger charge is -2.32. The fraction of sp³-hybridized carbons (Fsp3) is 0.333. The molecule has 1 aromatic carbocycles. The summed E-state index contributed by atoms with van der Waals surface area (Å²) in [6, 6.07) is 7.55. The number of esters is 1. The Morgan fingerprint density at radius 1 is 1.32 bits per heavy atom. The summed E-state index contributed by atoms with van der Waals surface area (Å²) in [6.07, 6.45) is -5.87. The van der Waals surface area contributed by atoms with E-state index in [4.69, 9.17) is 0 Å². The van der Waals surface area contributed by atoms with Gasteiger partial charge < -0.3 is 10.1 Å².